The van der Waals surface area contributed by atoms with Crippen molar-refractivity contribution in [2.45, 2.75) is 33.1 Å². The van der Waals surface area contributed by atoms with Crippen molar-refractivity contribution in [3.8, 4) is 0 Å². The number of hydrogen-bond acceptors (Lipinski definition) is 3. The second-order valence-corrected chi connectivity index (χ2v) is 6.99. The van der Waals surface area contributed by atoms with E-state index >= 15 is 0 Å². The van der Waals surface area contributed by atoms with Gasteiger partial charge in [0, 0.05) is 37.0 Å². The Morgan fingerprint density at radius 1 is 1.15 bits per heavy atom. The second kappa shape index (κ2) is 6.44. The topological polar surface area (TPSA) is 70.5 Å². The molecule has 26 heavy (non-hydrogen) atoms. The molecule has 1 amide bonds. The summed E-state index contributed by atoms with van der Waals surface area (Å²) in [6, 6.07) is 8.13. The maximum absolute atomic E-state index is 12.9. The SMILES string of the molecule is Cc1ccc(Cc2c(C)nc3c(C(=O)N4CCCC4)c[nH]n3c2=O)cc1. The summed E-state index contributed by atoms with van der Waals surface area (Å²) in [5.74, 6) is -0.0566. The highest BCUT2D eigenvalue weighted by atomic mass is 16.2. The molecule has 134 valence electrons. The zero-order valence-corrected chi connectivity index (χ0v) is 15.1. The molecule has 6 heteroatoms. The van der Waals surface area contributed by atoms with Crippen molar-refractivity contribution in [2.75, 3.05) is 13.1 Å². The lowest BCUT2D eigenvalue weighted by Gasteiger charge is -2.14. The molecule has 1 aliphatic heterocycles. The molecule has 0 radical (unpaired) electrons. The molecule has 0 atom stereocenters. The Hall–Kier alpha value is -2.89. The first-order valence-electron chi connectivity index (χ1n) is 8.99. The van der Waals surface area contributed by atoms with Crippen LogP contribution in [0, 0.1) is 13.8 Å². The lowest BCUT2D eigenvalue weighted by Crippen LogP contribution is -2.28. The van der Waals surface area contributed by atoms with E-state index in [0.29, 0.717) is 28.9 Å². The third kappa shape index (κ3) is 2.81. The monoisotopic (exact) mass is 350 g/mol. The Kier molecular flexibility index (Phi) is 4.11. The summed E-state index contributed by atoms with van der Waals surface area (Å²) in [5.41, 5.74) is 4.31. The summed E-state index contributed by atoms with van der Waals surface area (Å²) >= 11 is 0. The first-order chi connectivity index (χ1) is 12.5. The highest BCUT2D eigenvalue weighted by molar-refractivity contribution is 5.99. The van der Waals surface area contributed by atoms with Crippen molar-refractivity contribution in [1.82, 2.24) is 19.5 Å². The quantitative estimate of drug-likeness (QED) is 0.789. The van der Waals surface area contributed by atoms with Crippen molar-refractivity contribution in [1.29, 1.82) is 0 Å². The molecule has 0 spiro atoms. The fraction of sp³-hybridized carbons (Fsp3) is 0.350. The van der Waals surface area contributed by atoms with Crippen LogP contribution in [0.2, 0.25) is 0 Å². The van der Waals surface area contributed by atoms with E-state index < -0.39 is 0 Å². The number of benzene rings is 1. The second-order valence-electron chi connectivity index (χ2n) is 6.99. The summed E-state index contributed by atoms with van der Waals surface area (Å²) in [6.45, 7) is 5.41. The van der Waals surface area contributed by atoms with Crippen LogP contribution in [0.4, 0.5) is 0 Å². The molecule has 0 unspecified atom stereocenters. The van der Waals surface area contributed by atoms with Crippen LogP contribution in [0.5, 0.6) is 0 Å². The molecule has 3 heterocycles. The summed E-state index contributed by atoms with van der Waals surface area (Å²) < 4.78 is 1.39. The van der Waals surface area contributed by atoms with Crippen molar-refractivity contribution in [3.05, 3.63) is 68.8 Å². The molecule has 1 aliphatic rings. The van der Waals surface area contributed by atoms with Gasteiger partial charge in [0.05, 0.1) is 0 Å². The zero-order chi connectivity index (χ0) is 18.3. The molecule has 1 N–H and O–H groups in total. The van der Waals surface area contributed by atoms with Gasteiger partial charge in [-0.05, 0) is 32.3 Å². The van der Waals surface area contributed by atoms with E-state index in [-0.39, 0.29) is 11.5 Å². The van der Waals surface area contributed by atoms with Crippen molar-refractivity contribution in [2.24, 2.45) is 0 Å². The number of carbonyl (C=O) groups excluding carboxylic acids is 1. The van der Waals surface area contributed by atoms with E-state index in [1.807, 2.05) is 43.0 Å². The van der Waals surface area contributed by atoms with Crippen LogP contribution in [0.1, 0.15) is 45.6 Å². The molecular weight excluding hydrogens is 328 g/mol. The van der Waals surface area contributed by atoms with E-state index in [9.17, 15) is 9.59 Å². The summed E-state index contributed by atoms with van der Waals surface area (Å²) in [5, 5.41) is 2.92. The molecular formula is C20H22N4O2. The normalized spacial score (nSPS) is 14.3. The maximum Gasteiger partial charge on any atom is 0.276 e. The average Bonchev–Trinajstić information content (AvgIpc) is 3.29. The number of nitrogens with one attached hydrogen (secondary N) is 1. The largest absolute Gasteiger partial charge is 0.338 e. The minimum absolute atomic E-state index is 0.0566. The van der Waals surface area contributed by atoms with Gasteiger partial charge in [0.1, 0.15) is 5.56 Å². The van der Waals surface area contributed by atoms with Crippen LogP contribution in [0.3, 0.4) is 0 Å². The van der Waals surface area contributed by atoms with Gasteiger partial charge >= 0.3 is 0 Å². The zero-order valence-electron chi connectivity index (χ0n) is 15.1. The number of H-pyrrole nitrogens is 1. The van der Waals surface area contributed by atoms with E-state index in [1.54, 1.807) is 6.20 Å². The number of likely N-dealkylation sites (tertiary alicyclic amines) is 1. The number of aryl methyl sites for hydroxylation is 2. The highest BCUT2D eigenvalue weighted by Gasteiger charge is 2.24. The summed E-state index contributed by atoms with van der Waals surface area (Å²) in [4.78, 5) is 32.1. The Balaban J connectivity index is 1.74. The van der Waals surface area contributed by atoms with Crippen LogP contribution in [0.15, 0.2) is 35.3 Å². The van der Waals surface area contributed by atoms with Gasteiger partial charge in [0.2, 0.25) is 0 Å². The Morgan fingerprint density at radius 3 is 2.54 bits per heavy atom. The summed E-state index contributed by atoms with van der Waals surface area (Å²) in [7, 11) is 0. The molecule has 1 aromatic carbocycles. The molecule has 6 nitrogen and oxygen atoms in total. The Bertz CT molecular complexity index is 1020. The van der Waals surface area contributed by atoms with Crippen molar-refractivity contribution < 1.29 is 4.79 Å². The number of carbonyl (C=O) groups is 1. The van der Waals surface area contributed by atoms with Crippen molar-refractivity contribution >= 4 is 11.6 Å². The number of rotatable bonds is 3. The van der Waals surface area contributed by atoms with E-state index in [1.165, 1.54) is 10.1 Å². The van der Waals surface area contributed by atoms with Gasteiger partial charge in [-0.15, -0.1) is 0 Å². The molecule has 0 saturated carbocycles. The highest BCUT2D eigenvalue weighted by Crippen LogP contribution is 2.17. The van der Waals surface area contributed by atoms with E-state index in [2.05, 4.69) is 10.1 Å². The first kappa shape index (κ1) is 16.6. The van der Waals surface area contributed by atoms with Crippen LogP contribution in [-0.4, -0.2) is 38.5 Å². The number of hydrogen-bond donors (Lipinski definition) is 1. The van der Waals surface area contributed by atoms with E-state index in [0.717, 1.165) is 31.5 Å². The number of amides is 1. The van der Waals surface area contributed by atoms with Crippen LogP contribution >= 0.6 is 0 Å². The third-order valence-electron chi connectivity index (χ3n) is 5.09. The van der Waals surface area contributed by atoms with Gasteiger partial charge in [0.25, 0.3) is 11.5 Å². The molecule has 0 bridgehead atoms. The number of nitrogens with zero attached hydrogens (tertiary/aromatic N) is 3. The van der Waals surface area contributed by atoms with Crippen molar-refractivity contribution in [3.63, 3.8) is 0 Å². The predicted octanol–water partition coefficient (Wildman–Crippen LogP) is 2.47. The average molecular weight is 350 g/mol. The van der Waals surface area contributed by atoms with Gasteiger partial charge in [-0.3, -0.25) is 14.7 Å². The van der Waals surface area contributed by atoms with Gasteiger partial charge in [-0.2, -0.15) is 0 Å². The molecule has 2 aromatic heterocycles. The number of fused-ring (bicyclic) bond motifs is 1. The van der Waals surface area contributed by atoms with Gasteiger partial charge < -0.3 is 4.90 Å². The third-order valence-corrected chi connectivity index (χ3v) is 5.09. The molecule has 3 aromatic rings. The molecule has 0 aliphatic carbocycles. The van der Waals surface area contributed by atoms with Crippen LogP contribution in [0.25, 0.3) is 5.65 Å². The summed E-state index contributed by atoms with van der Waals surface area (Å²) in [6.07, 6.45) is 4.18. The molecule has 4 rings (SSSR count). The van der Waals surface area contributed by atoms with Crippen LogP contribution < -0.4 is 5.56 Å². The van der Waals surface area contributed by atoms with Crippen LogP contribution in [-0.2, 0) is 6.42 Å². The van der Waals surface area contributed by atoms with Gasteiger partial charge in [-0.25, -0.2) is 9.50 Å². The number of aromatic amines is 1. The lowest BCUT2D eigenvalue weighted by molar-refractivity contribution is 0.0794. The Labute approximate surface area is 151 Å². The van der Waals surface area contributed by atoms with Gasteiger partial charge in [-0.1, -0.05) is 29.8 Å². The molecule has 1 fully saturated rings. The minimum Gasteiger partial charge on any atom is -0.338 e. The standard InChI is InChI=1S/C20H22N4O2/c1-13-5-7-15(8-6-13)11-16-14(2)22-18-17(12-21-24(18)20(16)26)19(25)23-9-3-4-10-23/h5-8,12,21H,3-4,9-11H2,1-2H3. The maximum atomic E-state index is 12.9. The first-order valence-corrected chi connectivity index (χ1v) is 8.99. The number of aromatic nitrogens is 3. The van der Waals surface area contributed by atoms with E-state index in [4.69, 9.17) is 0 Å². The lowest BCUT2D eigenvalue weighted by atomic mass is 10.0. The Morgan fingerprint density at radius 2 is 1.85 bits per heavy atom. The molecule has 1 saturated heterocycles. The van der Waals surface area contributed by atoms with Gasteiger partial charge in [0.15, 0.2) is 5.65 Å². The minimum atomic E-state index is -0.145. The fourth-order valence-electron chi connectivity index (χ4n) is 3.52. The smallest absolute Gasteiger partial charge is 0.276 e. The fourth-order valence-corrected chi connectivity index (χ4v) is 3.52. The predicted molar refractivity (Wildman–Crippen MR) is 99.7 cm³/mol.